The van der Waals surface area contributed by atoms with E-state index in [-0.39, 0.29) is 30.6 Å². The number of aliphatic hydroxyl groups excluding tert-OH is 1. The molecule has 92 valence electrons. The number of rotatable bonds is 6. The zero-order valence-electron chi connectivity index (χ0n) is 9.98. The molecule has 2 N–H and O–H groups in total. The van der Waals surface area contributed by atoms with Gasteiger partial charge in [-0.15, -0.1) is 0 Å². The highest BCUT2D eigenvalue weighted by molar-refractivity contribution is 5.95. The first-order valence-corrected chi connectivity index (χ1v) is 5.93. The molecule has 0 aromatic carbocycles. The van der Waals surface area contributed by atoms with Gasteiger partial charge in [0.2, 0.25) is 0 Å². The Morgan fingerprint density at radius 1 is 1.56 bits per heavy atom. The van der Waals surface area contributed by atoms with E-state index in [9.17, 15) is 9.90 Å². The predicted molar refractivity (Wildman–Crippen MR) is 62.0 cm³/mol. The normalized spacial score (nSPS) is 27.1. The van der Waals surface area contributed by atoms with E-state index in [1.54, 1.807) is 12.2 Å². The second-order valence-electron chi connectivity index (χ2n) is 4.01. The molecule has 0 saturated heterocycles. The third kappa shape index (κ3) is 3.40. The SMILES string of the molecule is CCC[C@H](CO)[C@@H]1NC(OCC)C=CC1=O. The Kier molecular flexibility index (Phi) is 5.66. The smallest absolute Gasteiger partial charge is 0.172 e. The standard InChI is InChI=1S/C12H21NO3/c1-3-5-9(8-14)12-10(15)6-7-11(13-12)16-4-2/h6-7,9,11-14H,3-5,8H2,1-2H3/t9-,11?,12+/m1/s1. The summed E-state index contributed by atoms with van der Waals surface area (Å²) in [6.45, 7) is 4.59. The molecule has 0 radical (unpaired) electrons. The minimum Gasteiger partial charge on any atom is -0.396 e. The van der Waals surface area contributed by atoms with Crippen LogP contribution in [0, 0.1) is 5.92 Å². The fourth-order valence-electron chi connectivity index (χ4n) is 1.99. The molecule has 0 fully saturated rings. The molecule has 4 nitrogen and oxygen atoms in total. The number of carbonyl (C=O) groups is 1. The molecule has 0 aliphatic carbocycles. The van der Waals surface area contributed by atoms with Crippen molar-refractivity contribution in [2.45, 2.75) is 39.0 Å². The maximum Gasteiger partial charge on any atom is 0.172 e. The largest absolute Gasteiger partial charge is 0.396 e. The quantitative estimate of drug-likeness (QED) is 0.706. The van der Waals surface area contributed by atoms with Gasteiger partial charge in [0.15, 0.2) is 5.78 Å². The van der Waals surface area contributed by atoms with Gasteiger partial charge in [-0.2, -0.15) is 0 Å². The van der Waals surface area contributed by atoms with Crippen LogP contribution in [0.3, 0.4) is 0 Å². The Balaban J connectivity index is 2.64. The highest BCUT2D eigenvalue weighted by Gasteiger charge is 2.30. The molecule has 1 aliphatic heterocycles. The number of nitrogens with one attached hydrogen (secondary N) is 1. The maximum absolute atomic E-state index is 11.7. The third-order valence-electron chi connectivity index (χ3n) is 2.80. The van der Waals surface area contributed by atoms with Gasteiger partial charge in [-0.1, -0.05) is 13.3 Å². The van der Waals surface area contributed by atoms with E-state index in [1.807, 2.05) is 13.8 Å². The van der Waals surface area contributed by atoms with Gasteiger partial charge < -0.3 is 9.84 Å². The van der Waals surface area contributed by atoms with Crippen LogP contribution in [0.1, 0.15) is 26.7 Å². The van der Waals surface area contributed by atoms with Crippen molar-refractivity contribution in [1.82, 2.24) is 5.32 Å². The van der Waals surface area contributed by atoms with Crippen molar-refractivity contribution in [3.63, 3.8) is 0 Å². The molecule has 1 rings (SSSR count). The Hall–Kier alpha value is -0.710. The van der Waals surface area contributed by atoms with Crippen LogP contribution in [0.2, 0.25) is 0 Å². The minimum absolute atomic E-state index is 0.0228. The van der Waals surface area contributed by atoms with Crippen molar-refractivity contribution in [2.75, 3.05) is 13.2 Å². The number of ketones is 1. The fraction of sp³-hybridized carbons (Fsp3) is 0.750. The van der Waals surface area contributed by atoms with Gasteiger partial charge in [-0.05, 0) is 25.5 Å². The highest BCUT2D eigenvalue weighted by atomic mass is 16.5. The number of hydrogen-bond acceptors (Lipinski definition) is 4. The summed E-state index contributed by atoms with van der Waals surface area (Å²) in [5.41, 5.74) is 0. The molecule has 1 unspecified atom stereocenters. The van der Waals surface area contributed by atoms with Gasteiger partial charge in [0, 0.05) is 19.1 Å². The van der Waals surface area contributed by atoms with Gasteiger partial charge in [-0.3, -0.25) is 10.1 Å². The molecule has 0 aromatic heterocycles. The lowest BCUT2D eigenvalue weighted by Crippen LogP contribution is -2.51. The second-order valence-corrected chi connectivity index (χ2v) is 4.01. The van der Waals surface area contributed by atoms with Crippen LogP contribution in [0.15, 0.2) is 12.2 Å². The molecule has 0 spiro atoms. The Morgan fingerprint density at radius 2 is 2.31 bits per heavy atom. The predicted octanol–water partition coefficient (Wildman–Crippen LogP) is 0.855. The van der Waals surface area contributed by atoms with Crippen molar-refractivity contribution < 1.29 is 14.6 Å². The number of ether oxygens (including phenoxy) is 1. The molecule has 16 heavy (non-hydrogen) atoms. The maximum atomic E-state index is 11.7. The van der Waals surface area contributed by atoms with Crippen LogP contribution in [0.5, 0.6) is 0 Å². The first-order chi connectivity index (χ1) is 7.72. The van der Waals surface area contributed by atoms with Crippen LogP contribution in [0.25, 0.3) is 0 Å². The summed E-state index contributed by atoms with van der Waals surface area (Å²) in [5.74, 6) is 0.00820. The van der Waals surface area contributed by atoms with Crippen molar-refractivity contribution in [3.05, 3.63) is 12.2 Å². The summed E-state index contributed by atoms with van der Waals surface area (Å²) in [5, 5.41) is 12.4. The van der Waals surface area contributed by atoms with E-state index < -0.39 is 0 Å². The van der Waals surface area contributed by atoms with Crippen molar-refractivity contribution in [3.8, 4) is 0 Å². The van der Waals surface area contributed by atoms with E-state index >= 15 is 0 Å². The van der Waals surface area contributed by atoms with Crippen molar-refractivity contribution in [1.29, 1.82) is 0 Å². The molecule has 3 atom stereocenters. The summed E-state index contributed by atoms with van der Waals surface area (Å²) in [7, 11) is 0. The molecular formula is C12H21NO3. The van der Waals surface area contributed by atoms with Crippen LogP contribution in [-0.4, -0.2) is 36.4 Å². The zero-order chi connectivity index (χ0) is 12.0. The van der Waals surface area contributed by atoms with Gasteiger partial charge in [-0.25, -0.2) is 0 Å². The number of carbonyl (C=O) groups excluding carboxylic acids is 1. The first-order valence-electron chi connectivity index (χ1n) is 5.93. The van der Waals surface area contributed by atoms with Gasteiger partial charge in [0.05, 0.1) is 6.04 Å². The van der Waals surface area contributed by atoms with E-state index in [2.05, 4.69) is 5.32 Å². The minimum atomic E-state index is -0.313. The molecular weight excluding hydrogens is 206 g/mol. The fourth-order valence-corrected chi connectivity index (χ4v) is 1.99. The average Bonchev–Trinajstić information content (AvgIpc) is 2.29. The van der Waals surface area contributed by atoms with E-state index in [0.717, 1.165) is 12.8 Å². The summed E-state index contributed by atoms with van der Waals surface area (Å²) in [6, 6.07) is -0.313. The number of hydrogen-bond donors (Lipinski definition) is 2. The lowest BCUT2D eigenvalue weighted by atomic mass is 9.90. The molecule has 0 amide bonds. The lowest BCUT2D eigenvalue weighted by Gasteiger charge is -2.30. The summed E-state index contributed by atoms with van der Waals surface area (Å²) in [6.07, 6.45) is 4.87. The van der Waals surface area contributed by atoms with Crippen LogP contribution in [-0.2, 0) is 9.53 Å². The average molecular weight is 227 g/mol. The van der Waals surface area contributed by atoms with Crippen LogP contribution >= 0.6 is 0 Å². The van der Waals surface area contributed by atoms with Crippen molar-refractivity contribution in [2.24, 2.45) is 5.92 Å². The molecule has 1 heterocycles. The lowest BCUT2D eigenvalue weighted by molar-refractivity contribution is -0.120. The molecule has 0 aromatic rings. The van der Waals surface area contributed by atoms with Gasteiger partial charge in [0.25, 0.3) is 0 Å². The van der Waals surface area contributed by atoms with Crippen LogP contribution < -0.4 is 5.32 Å². The monoisotopic (exact) mass is 227 g/mol. The van der Waals surface area contributed by atoms with Gasteiger partial charge >= 0.3 is 0 Å². The van der Waals surface area contributed by atoms with E-state index in [0.29, 0.717) is 6.61 Å². The first kappa shape index (κ1) is 13.4. The second kappa shape index (κ2) is 6.78. The zero-order valence-corrected chi connectivity index (χ0v) is 9.98. The summed E-state index contributed by atoms with van der Waals surface area (Å²) in [4.78, 5) is 11.7. The van der Waals surface area contributed by atoms with E-state index in [4.69, 9.17) is 4.74 Å². The Bertz CT molecular complexity index is 253. The van der Waals surface area contributed by atoms with E-state index in [1.165, 1.54) is 0 Å². The molecule has 0 saturated carbocycles. The Labute approximate surface area is 96.7 Å². The Morgan fingerprint density at radius 3 is 2.88 bits per heavy atom. The summed E-state index contributed by atoms with van der Waals surface area (Å²) < 4.78 is 5.40. The highest BCUT2D eigenvalue weighted by Crippen LogP contribution is 2.16. The summed E-state index contributed by atoms with van der Waals surface area (Å²) >= 11 is 0. The molecule has 4 heteroatoms. The topological polar surface area (TPSA) is 58.6 Å². The number of aliphatic hydroxyl groups is 1. The van der Waals surface area contributed by atoms with Gasteiger partial charge in [0.1, 0.15) is 6.23 Å². The molecule has 1 aliphatic rings. The van der Waals surface area contributed by atoms with Crippen LogP contribution in [0.4, 0.5) is 0 Å². The molecule has 0 bridgehead atoms. The third-order valence-corrected chi connectivity index (χ3v) is 2.80. The van der Waals surface area contributed by atoms with Crippen molar-refractivity contribution >= 4 is 5.78 Å².